The van der Waals surface area contributed by atoms with E-state index in [1.807, 2.05) is 0 Å². The number of nitrogens with one attached hydrogen (secondary N) is 1. The summed E-state index contributed by atoms with van der Waals surface area (Å²) in [5.41, 5.74) is 6.74. The van der Waals surface area contributed by atoms with Crippen molar-refractivity contribution in [3.63, 3.8) is 0 Å². The van der Waals surface area contributed by atoms with Gasteiger partial charge in [0.2, 0.25) is 11.8 Å². The lowest BCUT2D eigenvalue weighted by molar-refractivity contribution is -0.117. The Balaban J connectivity index is 2.09. The van der Waals surface area contributed by atoms with Gasteiger partial charge >= 0.3 is 0 Å². The van der Waals surface area contributed by atoms with Gasteiger partial charge in [-0.3, -0.25) is 14.4 Å². The van der Waals surface area contributed by atoms with E-state index >= 15 is 0 Å². The number of primary amides is 1. The highest BCUT2D eigenvalue weighted by molar-refractivity contribution is 7.13. The van der Waals surface area contributed by atoms with Gasteiger partial charge in [-0.05, 0) is 25.1 Å². The van der Waals surface area contributed by atoms with E-state index in [2.05, 4.69) is 10.3 Å². The van der Waals surface area contributed by atoms with Crippen molar-refractivity contribution < 1.29 is 19.1 Å². The number of ketones is 1. The smallest absolute Gasteiger partial charge is 0.230 e. The molecule has 0 radical (unpaired) electrons. The fraction of sp³-hybridized carbons (Fsp3) is 0.250. The lowest BCUT2D eigenvalue weighted by Crippen LogP contribution is -2.16. The van der Waals surface area contributed by atoms with Crippen LogP contribution in [0.4, 0.5) is 5.13 Å². The van der Waals surface area contributed by atoms with Gasteiger partial charge in [0.25, 0.3) is 0 Å². The average Bonchev–Trinajstić information content (AvgIpc) is 2.93. The Morgan fingerprint density at radius 2 is 2.04 bits per heavy atom. The van der Waals surface area contributed by atoms with Gasteiger partial charge in [-0.25, -0.2) is 4.98 Å². The molecular formula is C16H17N3O4S. The summed E-state index contributed by atoms with van der Waals surface area (Å²) in [6.45, 7) is 1.46. The summed E-state index contributed by atoms with van der Waals surface area (Å²) in [6.07, 6.45) is 0.0654. The molecule has 0 unspecified atom stereocenters. The minimum Gasteiger partial charge on any atom is -0.496 e. The van der Waals surface area contributed by atoms with Gasteiger partial charge in [-0.15, -0.1) is 11.3 Å². The predicted molar refractivity (Wildman–Crippen MR) is 90.3 cm³/mol. The Labute approximate surface area is 142 Å². The normalized spacial score (nSPS) is 10.2. The molecule has 0 spiro atoms. The number of hydrogen-bond donors (Lipinski definition) is 2. The quantitative estimate of drug-likeness (QED) is 0.738. The molecule has 2 rings (SSSR count). The van der Waals surface area contributed by atoms with E-state index in [0.29, 0.717) is 27.7 Å². The number of ether oxygens (including phenoxy) is 1. The molecule has 0 bridgehead atoms. The first-order valence-electron chi connectivity index (χ1n) is 7.09. The molecule has 2 amide bonds. The van der Waals surface area contributed by atoms with Gasteiger partial charge in [0.15, 0.2) is 10.9 Å². The molecule has 1 aromatic heterocycles. The Kier molecular flexibility index (Phi) is 5.64. The van der Waals surface area contributed by atoms with Crippen molar-refractivity contribution in [2.45, 2.75) is 19.8 Å². The van der Waals surface area contributed by atoms with Crippen molar-refractivity contribution in [2.24, 2.45) is 5.73 Å². The molecule has 8 heteroatoms. The van der Waals surface area contributed by atoms with Crippen LogP contribution < -0.4 is 15.8 Å². The molecule has 0 aliphatic rings. The summed E-state index contributed by atoms with van der Waals surface area (Å²) in [5, 5.41) is 4.71. The molecule has 126 valence electrons. The highest BCUT2D eigenvalue weighted by Gasteiger charge is 2.13. The first kappa shape index (κ1) is 17.6. The maximum Gasteiger partial charge on any atom is 0.230 e. The molecule has 1 aromatic carbocycles. The zero-order valence-corrected chi connectivity index (χ0v) is 14.1. The van der Waals surface area contributed by atoms with E-state index in [4.69, 9.17) is 10.5 Å². The summed E-state index contributed by atoms with van der Waals surface area (Å²) in [5.74, 6) is -0.336. The second-order valence-corrected chi connectivity index (χ2v) is 5.95. The molecule has 24 heavy (non-hydrogen) atoms. The van der Waals surface area contributed by atoms with Crippen LogP contribution in [0.15, 0.2) is 23.6 Å². The maximum absolute atomic E-state index is 12.2. The molecule has 0 atom stereocenters. The number of carbonyl (C=O) groups excluding carboxylic acids is 3. The Morgan fingerprint density at radius 3 is 2.67 bits per heavy atom. The number of aromatic nitrogens is 1. The second kappa shape index (κ2) is 7.69. The Hall–Kier alpha value is -2.74. The number of rotatable bonds is 7. The van der Waals surface area contributed by atoms with Crippen molar-refractivity contribution in [2.75, 3.05) is 12.4 Å². The Morgan fingerprint density at radius 1 is 1.29 bits per heavy atom. The van der Waals surface area contributed by atoms with E-state index in [1.54, 1.807) is 23.6 Å². The Bertz CT molecular complexity index is 785. The average molecular weight is 347 g/mol. The number of methoxy groups -OCH3 is 1. The molecule has 1 heterocycles. The van der Waals surface area contributed by atoms with Gasteiger partial charge in [-0.2, -0.15) is 0 Å². The summed E-state index contributed by atoms with van der Waals surface area (Å²) in [4.78, 5) is 38.6. The lowest BCUT2D eigenvalue weighted by Gasteiger charge is -2.09. The highest BCUT2D eigenvalue weighted by atomic mass is 32.1. The number of Topliss-reactive ketones (excluding diaryl/α,β-unsaturated/α-hetero) is 1. The van der Waals surface area contributed by atoms with E-state index in [-0.39, 0.29) is 24.5 Å². The third-order valence-corrected chi connectivity index (χ3v) is 4.00. The molecule has 2 aromatic rings. The van der Waals surface area contributed by atoms with Crippen LogP contribution in [-0.4, -0.2) is 29.7 Å². The van der Waals surface area contributed by atoms with Crippen LogP contribution in [-0.2, 0) is 22.4 Å². The molecule has 0 aliphatic carbocycles. The van der Waals surface area contributed by atoms with Crippen LogP contribution in [0.2, 0.25) is 0 Å². The molecule has 7 nitrogen and oxygen atoms in total. The van der Waals surface area contributed by atoms with Gasteiger partial charge in [0.05, 0.1) is 25.6 Å². The predicted octanol–water partition coefficient (Wildman–Crippen LogP) is 1.56. The highest BCUT2D eigenvalue weighted by Crippen LogP contribution is 2.22. The molecule has 3 N–H and O–H groups in total. The standard InChI is InChI=1S/C16H17N3O4S/c1-9(20)10-3-4-13(23-2)11(5-10)6-15(22)19-16-18-12(8-24-16)7-14(17)21/h3-5,8H,6-7H2,1-2H3,(H2,17,21)(H,18,19,22). The molecular weight excluding hydrogens is 330 g/mol. The fourth-order valence-electron chi connectivity index (χ4n) is 2.10. The number of nitrogens with zero attached hydrogens (tertiary/aromatic N) is 1. The van der Waals surface area contributed by atoms with Crippen molar-refractivity contribution in [1.29, 1.82) is 0 Å². The number of carbonyl (C=O) groups is 3. The first-order chi connectivity index (χ1) is 11.4. The number of nitrogens with two attached hydrogens (primary N) is 1. The number of amides is 2. The summed E-state index contributed by atoms with van der Waals surface area (Å²) >= 11 is 1.21. The van der Waals surface area contributed by atoms with Crippen LogP contribution >= 0.6 is 11.3 Å². The zero-order valence-electron chi connectivity index (χ0n) is 13.3. The largest absolute Gasteiger partial charge is 0.496 e. The van der Waals surface area contributed by atoms with Gasteiger partial charge in [-0.1, -0.05) is 0 Å². The molecule has 0 aliphatic heterocycles. The third kappa shape index (κ3) is 4.63. The van der Waals surface area contributed by atoms with E-state index in [0.717, 1.165) is 0 Å². The van der Waals surface area contributed by atoms with Crippen molar-refractivity contribution >= 4 is 34.1 Å². The zero-order chi connectivity index (χ0) is 17.7. The van der Waals surface area contributed by atoms with Gasteiger partial charge in [0, 0.05) is 16.5 Å². The van der Waals surface area contributed by atoms with E-state index in [1.165, 1.54) is 25.4 Å². The molecule has 0 saturated carbocycles. The summed E-state index contributed by atoms with van der Waals surface area (Å²) in [6, 6.07) is 4.95. The van der Waals surface area contributed by atoms with E-state index < -0.39 is 5.91 Å². The minimum atomic E-state index is -0.482. The van der Waals surface area contributed by atoms with Crippen molar-refractivity contribution in [3.8, 4) is 5.75 Å². The molecule has 0 saturated heterocycles. The van der Waals surface area contributed by atoms with Gasteiger partial charge < -0.3 is 15.8 Å². The number of hydrogen-bond acceptors (Lipinski definition) is 6. The van der Waals surface area contributed by atoms with Crippen LogP contribution in [0.25, 0.3) is 0 Å². The first-order valence-corrected chi connectivity index (χ1v) is 7.97. The number of thiazole rings is 1. The number of anilines is 1. The maximum atomic E-state index is 12.2. The fourth-order valence-corrected chi connectivity index (χ4v) is 2.82. The summed E-state index contributed by atoms with van der Waals surface area (Å²) < 4.78 is 5.22. The lowest BCUT2D eigenvalue weighted by atomic mass is 10.0. The summed E-state index contributed by atoms with van der Waals surface area (Å²) in [7, 11) is 1.50. The van der Waals surface area contributed by atoms with Crippen LogP contribution in [0.3, 0.4) is 0 Å². The number of benzene rings is 1. The van der Waals surface area contributed by atoms with Crippen molar-refractivity contribution in [3.05, 3.63) is 40.4 Å². The SMILES string of the molecule is COc1ccc(C(C)=O)cc1CC(=O)Nc1nc(CC(N)=O)cs1. The minimum absolute atomic E-state index is 0.0286. The third-order valence-electron chi connectivity index (χ3n) is 3.19. The van der Waals surface area contributed by atoms with Crippen LogP contribution in [0.1, 0.15) is 28.5 Å². The van der Waals surface area contributed by atoms with Gasteiger partial charge in [0.1, 0.15) is 5.75 Å². The second-order valence-electron chi connectivity index (χ2n) is 5.09. The van der Waals surface area contributed by atoms with E-state index in [9.17, 15) is 14.4 Å². The van der Waals surface area contributed by atoms with Crippen LogP contribution in [0, 0.1) is 0 Å². The molecule has 0 fully saturated rings. The van der Waals surface area contributed by atoms with Crippen molar-refractivity contribution in [1.82, 2.24) is 4.98 Å². The monoisotopic (exact) mass is 347 g/mol. The van der Waals surface area contributed by atoms with Crippen LogP contribution in [0.5, 0.6) is 5.75 Å². The topological polar surface area (TPSA) is 111 Å².